The van der Waals surface area contributed by atoms with Gasteiger partial charge in [0.1, 0.15) is 6.33 Å². The maximum Gasteiger partial charge on any atom is 0.115 e. The highest BCUT2D eigenvalue weighted by atomic mass is 14.8. The Morgan fingerprint density at radius 3 is 2.50 bits per heavy atom. The normalized spacial score (nSPS) is 12.4. The Bertz CT molecular complexity index is 346. The van der Waals surface area contributed by atoms with Crippen molar-refractivity contribution < 1.29 is 0 Å². The quantitative estimate of drug-likeness (QED) is 0.771. The lowest BCUT2D eigenvalue weighted by Crippen LogP contribution is -2.13. The maximum absolute atomic E-state index is 6.03. The molecule has 0 aliphatic rings. The first kappa shape index (κ1) is 8.84. The third kappa shape index (κ3) is 1.78. The van der Waals surface area contributed by atoms with E-state index in [1.165, 1.54) is 6.33 Å². The van der Waals surface area contributed by atoms with Crippen LogP contribution in [0.5, 0.6) is 0 Å². The van der Waals surface area contributed by atoms with E-state index in [4.69, 9.17) is 5.73 Å². The molecular weight excluding hydrogens is 174 g/mol. The van der Waals surface area contributed by atoms with Crippen LogP contribution in [0.15, 0.2) is 48.9 Å². The van der Waals surface area contributed by atoms with Gasteiger partial charge in [-0.2, -0.15) is 0 Å². The predicted molar refractivity (Wildman–Crippen MR) is 54.5 cm³/mol. The van der Waals surface area contributed by atoms with Crippen molar-refractivity contribution in [3.05, 3.63) is 60.2 Å². The van der Waals surface area contributed by atoms with Crippen molar-refractivity contribution in [1.29, 1.82) is 0 Å². The summed E-state index contributed by atoms with van der Waals surface area (Å²) in [6.45, 7) is 0. The average molecular weight is 185 g/mol. The van der Waals surface area contributed by atoms with E-state index in [1.54, 1.807) is 6.20 Å². The second-order valence-electron chi connectivity index (χ2n) is 3.02. The Morgan fingerprint density at radius 1 is 1.07 bits per heavy atom. The average Bonchev–Trinajstić information content (AvgIpc) is 2.30. The molecule has 1 atom stereocenters. The molecular formula is C11H11N3. The van der Waals surface area contributed by atoms with Crippen LogP contribution in [0, 0.1) is 0 Å². The van der Waals surface area contributed by atoms with Crippen molar-refractivity contribution >= 4 is 0 Å². The molecule has 0 fully saturated rings. The minimum atomic E-state index is -0.167. The molecule has 0 radical (unpaired) electrons. The zero-order chi connectivity index (χ0) is 9.80. The van der Waals surface area contributed by atoms with E-state index in [0.717, 1.165) is 11.3 Å². The molecule has 2 N–H and O–H groups in total. The SMILES string of the molecule is NC(c1ccccc1)c1ccncn1. The van der Waals surface area contributed by atoms with Crippen molar-refractivity contribution in [3.63, 3.8) is 0 Å². The molecule has 70 valence electrons. The van der Waals surface area contributed by atoms with Crippen molar-refractivity contribution in [1.82, 2.24) is 9.97 Å². The Hall–Kier alpha value is -1.74. The molecule has 0 saturated heterocycles. The molecule has 0 saturated carbocycles. The highest BCUT2D eigenvalue weighted by molar-refractivity contribution is 5.25. The zero-order valence-electron chi connectivity index (χ0n) is 7.67. The monoisotopic (exact) mass is 185 g/mol. The first-order chi connectivity index (χ1) is 6.88. The molecule has 14 heavy (non-hydrogen) atoms. The fourth-order valence-electron chi connectivity index (χ4n) is 1.32. The van der Waals surface area contributed by atoms with Gasteiger partial charge in [0.05, 0.1) is 11.7 Å². The highest BCUT2D eigenvalue weighted by Gasteiger charge is 2.08. The van der Waals surface area contributed by atoms with Crippen LogP contribution in [0.4, 0.5) is 0 Å². The molecule has 1 unspecified atom stereocenters. The van der Waals surface area contributed by atoms with Gasteiger partial charge in [-0.25, -0.2) is 9.97 Å². The van der Waals surface area contributed by atoms with E-state index < -0.39 is 0 Å². The zero-order valence-corrected chi connectivity index (χ0v) is 7.67. The predicted octanol–water partition coefficient (Wildman–Crippen LogP) is 1.52. The topological polar surface area (TPSA) is 51.8 Å². The summed E-state index contributed by atoms with van der Waals surface area (Å²) in [5, 5.41) is 0. The van der Waals surface area contributed by atoms with Crippen LogP contribution >= 0.6 is 0 Å². The molecule has 2 rings (SSSR count). The maximum atomic E-state index is 6.03. The van der Waals surface area contributed by atoms with Crippen LogP contribution in [0.1, 0.15) is 17.3 Å². The third-order valence-corrected chi connectivity index (χ3v) is 2.08. The summed E-state index contributed by atoms with van der Waals surface area (Å²) in [5.41, 5.74) is 7.93. The molecule has 1 aromatic heterocycles. The van der Waals surface area contributed by atoms with E-state index >= 15 is 0 Å². The number of hydrogen-bond donors (Lipinski definition) is 1. The molecule has 2 aromatic rings. The fraction of sp³-hybridized carbons (Fsp3) is 0.0909. The smallest absolute Gasteiger partial charge is 0.115 e. The molecule has 0 aliphatic carbocycles. The largest absolute Gasteiger partial charge is 0.319 e. The lowest BCUT2D eigenvalue weighted by atomic mass is 10.1. The van der Waals surface area contributed by atoms with E-state index in [1.807, 2.05) is 36.4 Å². The number of nitrogens with zero attached hydrogens (tertiary/aromatic N) is 2. The number of nitrogens with two attached hydrogens (primary N) is 1. The van der Waals surface area contributed by atoms with Gasteiger partial charge in [0.25, 0.3) is 0 Å². The van der Waals surface area contributed by atoms with Crippen molar-refractivity contribution in [3.8, 4) is 0 Å². The molecule has 0 aliphatic heterocycles. The molecule has 0 spiro atoms. The second kappa shape index (κ2) is 3.98. The van der Waals surface area contributed by atoms with Crippen molar-refractivity contribution in [2.75, 3.05) is 0 Å². The standard InChI is InChI=1S/C11H11N3/c12-11(9-4-2-1-3-5-9)10-6-7-13-8-14-10/h1-8,11H,12H2. The molecule has 1 heterocycles. The van der Waals surface area contributed by atoms with E-state index in [2.05, 4.69) is 9.97 Å². The van der Waals surface area contributed by atoms with Crippen molar-refractivity contribution in [2.24, 2.45) is 5.73 Å². The first-order valence-electron chi connectivity index (χ1n) is 4.44. The molecule has 3 heteroatoms. The summed E-state index contributed by atoms with van der Waals surface area (Å²) in [5.74, 6) is 0. The number of rotatable bonds is 2. The van der Waals surface area contributed by atoms with Gasteiger partial charge in [-0.05, 0) is 11.6 Å². The lowest BCUT2D eigenvalue weighted by molar-refractivity contribution is 0.820. The number of hydrogen-bond acceptors (Lipinski definition) is 3. The van der Waals surface area contributed by atoms with Gasteiger partial charge < -0.3 is 5.73 Å². The summed E-state index contributed by atoms with van der Waals surface area (Å²) in [6.07, 6.45) is 3.21. The minimum absolute atomic E-state index is 0.167. The Labute approximate surface area is 82.6 Å². The van der Waals surface area contributed by atoms with Crippen LogP contribution in [-0.2, 0) is 0 Å². The lowest BCUT2D eigenvalue weighted by Gasteiger charge is -2.10. The van der Waals surface area contributed by atoms with E-state index in [0.29, 0.717) is 0 Å². The fourth-order valence-corrected chi connectivity index (χ4v) is 1.32. The Morgan fingerprint density at radius 2 is 1.86 bits per heavy atom. The van der Waals surface area contributed by atoms with Gasteiger partial charge in [0.2, 0.25) is 0 Å². The summed E-state index contributed by atoms with van der Waals surface area (Å²) in [7, 11) is 0. The van der Waals surface area contributed by atoms with Crippen LogP contribution in [0.3, 0.4) is 0 Å². The summed E-state index contributed by atoms with van der Waals surface area (Å²) in [6, 6.07) is 11.6. The Balaban J connectivity index is 2.30. The molecule has 1 aromatic carbocycles. The van der Waals surface area contributed by atoms with Gasteiger partial charge >= 0.3 is 0 Å². The van der Waals surface area contributed by atoms with Crippen LogP contribution in [-0.4, -0.2) is 9.97 Å². The van der Waals surface area contributed by atoms with Gasteiger partial charge in [-0.15, -0.1) is 0 Å². The van der Waals surface area contributed by atoms with Gasteiger partial charge in [0.15, 0.2) is 0 Å². The molecule has 3 nitrogen and oxygen atoms in total. The molecule has 0 bridgehead atoms. The van der Waals surface area contributed by atoms with Gasteiger partial charge in [-0.1, -0.05) is 30.3 Å². The minimum Gasteiger partial charge on any atom is -0.319 e. The van der Waals surface area contributed by atoms with Crippen molar-refractivity contribution in [2.45, 2.75) is 6.04 Å². The van der Waals surface area contributed by atoms with E-state index in [-0.39, 0.29) is 6.04 Å². The summed E-state index contributed by atoms with van der Waals surface area (Å²) < 4.78 is 0. The number of aromatic nitrogens is 2. The first-order valence-corrected chi connectivity index (χ1v) is 4.44. The van der Waals surface area contributed by atoms with Gasteiger partial charge in [0, 0.05) is 6.20 Å². The highest BCUT2D eigenvalue weighted by Crippen LogP contribution is 2.15. The second-order valence-corrected chi connectivity index (χ2v) is 3.02. The number of benzene rings is 1. The van der Waals surface area contributed by atoms with Gasteiger partial charge in [-0.3, -0.25) is 0 Å². The Kier molecular flexibility index (Phi) is 2.51. The molecule has 0 amide bonds. The van der Waals surface area contributed by atoms with Crippen LogP contribution < -0.4 is 5.73 Å². The van der Waals surface area contributed by atoms with E-state index in [9.17, 15) is 0 Å². The summed E-state index contributed by atoms with van der Waals surface area (Å²) in [4.78, 5) is 7.97. The summed E-state index contributed by atoms with van der Waals surface area (Å²) >= 11 is 0. The van der Waals surface area contributed by atoms with Crippen LogP contribution in [0.25, 0.3) is 0 Å². The third-order valence-electron chi connectivity index (χ3n) is 2.08. The van der Waals surface area contributed by atoms with Crippen LogP contribution in [0.2, 0.25) is 0 Å².